The van der Waals surface area contributed by atoms with Crippen molar-refractivity contribution in [2.24, 2.45) is 0 Å². The van der Waals surface area contributed by atoms with E-state index in [1.54, 1.807) is 6.07 Å². The standard InChI is InChI=1S/C12H14F3N/c1-7-10-8(12(13,14)15)5-4-6-9(10)16-11(7,2)3/h4-7,16H,1-3H3. The Kier molecular flexibility index (Phi) is 2.23. The van der Waals surface area contributed by atoms with E-state index in [4.69, 9.17) is 0 Å². The zero-order chi connectivity index (χ0) is 12.1. The lowest BCUT2D eigenvalue weighted by molar-refractivity contribution is -0.138. The molecule has 0 amide bonds. The fourth-order valence-electron chi connectivity index (χ4n) is 2.20. The number of alkyl halides is 3. The number of hydrogen-bond acceptors (Lipinski definition) is 1. The van der Waals surface area contributed by atoms with Crippen LogP contribution in [0.1, 0.15) is 37.8 Å². The van der Waals surface area contributed by atoms with E-state index in [9.17, 15) is 13.2 Å². The summed E-state index contributed by atoms with van der Waals surface area (Å²) in [5.74, 6) is -0.152. The Balaban J connectivity index is 2.60. The van der Waals surface area contributed by atoms with Crippen LogP contribution >= 0.6 is 0 Å². The zero-order valence-electron chi connectivity index (χ0n) is 9.44. The molecule has 0 aliphatic carbocycles. The third kappa shape index (κ3) is 1.56. The summed E-state index contributed by atoms with van der Waals surface area (Å²) in [6.07, 6.45) is -4.28. The fourth-order valence-corrected chi connectivity index (χ4v) is 2.20. The molecule has 0 spiro atoms. The van der Waals surface area contributed by atoms with E-state index in [1.807, 2.05) is 20.8 Å². The van der Waals surface area contributed by atoms with Crippen LogP contribution in [0.25, 0.3) is 0 Å². The van der Waals surface area contributed by atoms with Gasteiger partial charge in [0.15, 0.2) is 0 Å². The molecule has 0 fully saturated rings. The maximum Gasteiger partial charge on any atom is 0.416 e. The molecular formula is C12H14F3N. The first kappa shape index (κ1) is 11.3. The lowest BCUT2D eigenvalue weighted by Gasteiger charge is -2.25. The van der Waals surface area contributed by atoms with Crippen LogP contribution in [0.2, 0.25) is 0 Å². The Labute approximate surface area is 92.7 Å². The fraction of sp³-hybridized carbons (Fsp3) is 0.500. The highest BCUT2D eigenvalue weighted by molar-refractivity contribution is 5.64. The molecule has 0 saturated carbocycles. The Hall–Kier alpha value is -1.19. The van der Waals surface area contributed by atoms with E-state index in [0.29, 0.717) is 11.3 Å². The van der Waals surface area contributed by atoms with Crippen molar-refractivity contribution in [3.8, 4) is 0 Å². The van der Waals surface area contributed by atoms with Crippen molar-refractivity contribution in [3.63, 3.8) is 0 Å². The van der Waals surface area contributed by atoms with Crippen LogP contribution in [0, 0.1) is 0 Å². The first-order valence-corrected chi connectivity index (χ1v) is 5.22. The van der Waals surface area contributed by atoms with Crippen molar-refractivity contribution in [3.05, 3.63) is 29.3 Å². The van der Waals surface area contributed by atoms with Gasteiger partial charge in [-0.1, -0.05) is 13.0 Å². The summed E-state index contributed by atoms with van der Waals surface area (Å²) in [5, 5.41) is 3.14. The zero-order valence-corrected chi connectivity index (χ0v) is 9.44. The first-order valence-electron chi connectivity index (χ1n) is 5.22. The lowest BCUT2D eigenvalue weighted by Crippen LogP contribution is -2.30. The largest absolute Gasteiger partial charge is 0.416 e. The molecule has 1 nitrogen and oxygen atoms in total. The lowest BCUT2D eigenvalue weighted by atomic mass is 9.85. The van der Waals surface area contributed by atoms with Crippen LogP contribution in [-0.4, -0.2) is 5.54 Å². The summed E-state index contributed by atoms with van der Waals surface area (Å²) in [5.41, 5.74) is 0.145. The van der Waals surface area contributed by atoms with Gasteiger partial charge in [-0.2, -0.15) is 13.2 Å². The molecule has 0 aromatic heterocycles. The molecule has 1 aliphatic heterocycles. The quantitative estimate of drug-likeness (QED) is 0.708. The van der Waals surface area contributed by atoms with E-state index >= 15 is 0 Å². The number of benzene rings is 1. The van der Waals surface area contributed by atoms with Gasteiger partial charge in [0, 0.05) is 17.1 Å². The van der Waals surface area contributed by atoms with Crippen molar-refractivity contribution in [2.75, 3.05) is 5.32 Å². The minimum absolute atomic E-state index is 0.152. The van der Waals surface area contributed by atoms with Crippen molar-refractivity contribution < 1.29 is 13.2 Å². The molecule has 1 N–H and O–H groups in total. The van der Waals surface area contributed by atoms with Crippen molar-refractivity contribution in [2.45, 2.75) is 38.4 Å². The van der Waals surface area contributed by atoms with Crippen LogP contribution in [0.5, 0.6) is 0 Å². The topological polar surface area (TPSA) is 12.0 Å². The predicted molar refractivity (Wildman–Crippen MR) is 57.6 cm³/mol. The van der Waals surface area contributed by atoms with E-state index in [-0.39, 0.29) is 11.5 Å². The Bertz CT molecular complexity index is 421. The van der Waals surface area contributed by atoms with Crippen LogP contribution < -0.4 is 5.32 Å². The second-order valence-corrected chi connectivity index (χ2v) is 4.83. The van der Waals surface area contributed by atoms with E-state index in [1.165, 1.54) is 6.07 Å². The van der Waals surface area contributed by atoms with Crippen molar-refractivity contribution in [1.29, 1.82) is 0 Å². The SMILES string of the molecule is CC1c2c(cccc2C(F)(F)F)NC1(C)C. The van der Waals surface area contributed by atoms with Gasteiger partial charge in [0.05, 0.1) is 5.56 Å². The summed E-state index contributed by atoms with van der Waals surface area (Å²) in [6.45, 7) is 5.66. The van der Waals surface area contributed by atoms with E-state index < -0.39 is 11.7 Å². The molecule has 1 unspecified atom stereocenters. The molecule has 1 aliphatic rings. The number of hydrogen-bond donors (Lipinski definition) is 1. The van der Waals surface area contributed by atoms with Crippen LogP contribution in [0.3, 0.4) is 0 Å². The second-order valence-electron chi connectivity index (χ2n) is 4.83. The van der Waals surface area contributed by atoms with Gasteiger partial charge in [-0.25, -0.2) is 0 Å². The summed E-state index contributed by atoms with van der Waals surface area (Å²) >= 11 is 0. The predicted octanol–water partition coefficient (Wildman–Crippen LogP) is 4.01. The highest BCUT2D eigenvalue weighted by Gasteiger charge is 2.43. The van der Waals surface area contributed by atoms with Gasteiger partial charge in [0.1, 0.15) is 0 Å². The molecule has 0 bridgehead atoms. The average Bonchev–Trinajstić information content (AvgIpc) is 2.36. The molecule has 16 heavy (non-hydrogen) atoms. The second kappa shape index (κ2) is 3.15. The molecule has 0 radical (unpaired) electrons. The molecule has 1 aromatic carbocycles. The third-order valence-electron chi connectivity index (χ3n) is 3.38. The number of fused-ring (bicyclic) bond motifs is 1. The van der Waals surface area contributed by atoms with Crippen molar-refractivity contribution >= 4 is 5.69 Å². The first-order chi connectivity index (χ1) is 7.23. The molecule has 4 heteroatoms. The summed E-state index contributed by atoms with van der Waals surface area (Å²) < 4.78 is 38.5. The molecule has 0 saturated heterocycles. The van der Waals surface area contributed by atoms with E-state index in [0.717, 1.165) is 6.07 Å². The highest BCUT2D eigenvalue weighted by atomic mass is 19.4. The minimum atomic E-state index is -4.28. The van der Waals surface area contributed by atoms with Gasteiger partial charge in [-0.15, -0.1) is 0 Å². The van der Waals surface area contributed by atoms with Gasteiger partial charge in [0.25, 0.3) is 0 Å². The number of rotatable bonds is 0. The van der Waals surface area contributed by atoms with Gasteiger partial charge >= 0.3 is 6.18 Å². The molecule has 88 valence electrons. The van der Waals surface area contributed by atoms with Crippen LogP contribution in [0.15, 0.2) is 18.2 Å². The smallest absolute Gasteiger partial charge is 0.379 e. The molecule has 2 rings (SSSR count). The van der Waals surface area contributed by atoms with Gasteiger partial charge in [-0.05, 0) is 31.5 Å². The Morgan fingerprint density at radius 1 is 1.25 bits per heavy atom. The summed E-state index contributed by atoms with van der Waals surface area (Å²) in [4.78, 5) is 0. The number of nitrogens with one attached hydrogen (secondary N) is 1. The van der Waals surface area contributed by atoms with Crippen LogP contribution in [-0.2, 0) is 6.18 Å². The van der Waals surface area contributed by atoms with E-state index in [2.05, 4.69) is 5.32 Å². The molecular weight excluding hydrogens is 215 g/mol. The third-order valence-corrected chi connectivity index (χ3v) is 3.38. The average molecular weight is 229 g/mol. The van der Waals surface area contributed by atoms with Crippen LogP contribution in [0.4, 0.5) is 18.9 Å². The summed E-state index contributed by atoms with van der Waals surface area (Å²) in [6, 6.07) is 4.30. The molecule has 1 atom stereocenters. The highest BCUT2D eigenvalue weighted by Crippen LogP contribution is 2.47. The molecule has 1 aromatic rings. The summed E-state index contributed by atoms with van der Waals surface area (Å²) in [7, 11) is 0. The van der Waals surface area contributed by atoms with Gasteiger partial charge < -0.3 is 5.32 Å². The minimum Gasteiger partial charge on any atom is -0.379 e. The Morgan fingerprint density at radius 3 is 2.44 bits per heavy atom. The van der Waals surface area contributed by atoms with Crippen molar-refractivity contribution in [1.82, 2.24) is 0 Å². The maximum atomic E-state index is 12.8. The Morgan fingerprint density at radius 2 is 1.88 bits per heavy atom. The molecule has 1 heterocycles. The monoisotopic (exact) mass is 229 g/mol. The number of halogens is 3. The van der Waals surface area contributed by atoms with Gasteiger partial charge in [-0.3, -0.25) is 0 Å². The maximum absolute atomic E-state index is 12.8. The van der Waals surface area contributed by atoms with Gasteiger partial charge in [0.2, 0.25) is 0 Å². The number of anilines is 1. The normalized spacial score (nSPS) is 22.8.